The molecule has 0 aliphatic rings. The third kappa shape index (κ3) is 5.07. The number of nitrogens with zero attached hydrogens (tertiary/aromatic N) is 2. The van der Waals surface area contributed by atoms with Crippen LogP contribution in [0.25, 0.3) is 16.6 Å². The van der Waals surface area contributed by atoms with Gasteiger partial charge in [0.05, 0.1) is 28.0 Å². The predicted octanol–water partition coefficient (Wildman–Crippen LogP) is 5.17. The van der Waals surface area contributed by atoms with E-state index >= 15 is 0 Å². The van der Waals surface area contributed by atoms with Crippen molar-refractivity contribution in [2.45, 2.75) is 18.7 Å². The molecule has 0 spiro atoms. The molecule has 1 N–H and O–H groups in total. The molecule has 0 fully saturated rings. The molecule has 3 aromatic carbocycles. The second kappa shape index (κ2) is 10.0. The Morgan fingerprint density at radius 1 is 1.12 bits per heavy atom. The van der Waals surface area contributed by atoms with Gasteiger partial charge in [0.2, 0.25) is 5.91 Å². The van der Waals surface area contributed by atoms with E-state index in [0.29, 0.717) is 16.5 Å². The van der Waals surface area contributed by atoms with E-state index in [1.165, 1.54) is 28.8 Å². The summed E-state index contributed by atoms with van der Waals surface area (Å²) < 4.78 is 45.2. The molecule has 0 aliphatic carbocycles. The largest absolute Gasteiger partial charge is 0.433 e. The molecule has 0 saturated carbocycles. The summed E-state index contributed by atoms with van der Waals surface area (Å²) in [5, 5.41) is 3.04. The Labute approximate surface area is 196 Å². The lowest BCUT2D eigenvalue weighted by Crippen LogP contribution is -2.23. The van der Waals surface area contributed by atoms with Crippen LogP contribution in [-0.4, -0.2) is 27.8 Å². The standard InChI is InChI=1S/C24H18F3N3O3S/c1-14-10-11-15(12-17(14)25)30-22(32)16-6-2-3-7-18(16)29-24(30)34-13-21(31)28-19-8-4-5-9-20(19)33-23(26)27/h2-12,23H,13H2,1H3,(H,28,31). The first-order chi connectivity index (χ1) is 16.3. The van der Waals surface area contributed by atoms with Gasteiger partial charge in [0, 0.05) is 0 Å². The molecular weight excluding hydrogens is 467 g/mol. The second-order valence-electron chi connectivity index (χ2n) is 7.20. The predicted molar refractivity (Wildman–Crippen MR) is 124 cm³/mol. The summed E-state index contributed by atoms with van der Waals surface area (Å²) in [4.78, 5) is 30.3. The molecule has 10 heteroatoms. The molecule has 0 atom stereocenters. The van der Waals surface area contributed by atoms with Gasteiger partial charge in [-0.2, -0.15) is 8.78 Å². The van der Waals surface area contributed by atoms with Crippen molar-refractivity contribution in [3.8, 4) is 11.4 Å². The van der Waals surface area contributed by atoms with Crippen LogP contribution in [0.4, 0.5) is 18.9 Å². The van der Waals surface area contributed by atoms with E-state index < -0.39 is 23.9 Å². The molecule has 1 heterocycles. The minimum atomic E-state index is -3.04. The van der Waals surface area contributed by atoms with Crippen molar-refractivity contribution in [2.75, 3.05) is 11.1 Å². The molecule has 1 aromatic heterocycles. The lowest BCUT2D eigenvalue weighted by molar-refractivity contribution is -0.113. The van der Waals surface area contributed by atoms with Crippen molar-refractivity contribution >= 4 is 34.3 Å². The number of rotatable bonds is 7. The normalized spacial score (nSPS) is 11.1. The van der Waals surface area contributed by atoms with Gasteiger partial charge in [-0.3, -0.25) is 14.2 Å². The average molecular weight is 485 g/mol. The summed E-state index contributed by atoms with van der Waals surface area (Å²) in [6, 6.07) is 16.9. The van der Waals surface area contributed by atoms with Crippen molar-refractivity contribution in [3.05, 3.63) is 88.5 Å². The SMILES string of the molecule is Cc1ccc(-n2c(SCC(=O)Nc3ccccc3OC(F)F)nc3ccccc3c2=O)cc1F. The Morgan fingerprint density at radius 3 is 2.62 bits per heavy atom. The van der Waals surface area contributed by atoms with E-state index in [9.17, 15) is 22.8 Å². The number of amides is 1. The maximum Gasteiger partial charge on any atom is 0.387 e. The van der Waals surface area contributed by atoms with Gasteiger partial charge in [-0.15, -0.1) is 0 Å². The summed E-state index contributed by atoms with van der Waals surface area (Å²) in [7, 11) is 0. The number of fused-ring (bicyclic) bond motifs is 1. The second-order valence-corrected chi connectivity index (χ2v) is 8.14. The number of anilines is 1. The fraction of sp³-hybridized carbons (Fsp3) is 0.125. The number of aromatic nitrogens is 2. The minimum absolute atomic E-state index is 0.0814. The number of hydrogen-bond acceptors (Lipinski definition) is 5. The highest BCUT2D eigenvalue weighted by Crippen LogP contribution is 2.27. The first-order valence-corrected chi connectivity index (χ1v) is 11.1. The summed E-state index contributed by atoms with van der Waals surface area (Å²) in [6.45, 7) is -1.44. The van der Waals surface area contributed by atoms with Crippen LogP contribution in [0.2, 0.25) is 0 Å². The summed E-state index contributed by atoms with van der Waals surface area (Å²) in [5.41, 5.74) is 0.786. The van der Waals surface area contributed by atoms with Crippen molar-refractivity contribution in [1.82, 2.24) is 9.55 Å². The molecule has 0 saturated heterocycles. The number of benzene rings is 3. The smallest absolute Gasteiger partial charge is 0.387 e. The summed E-state index contributed by atoms with van der Waals surface area (Å²) >= 11 is 0.956. The average Bonchev–Trinajstić information content (AvgIpc) is 2.81. The molecular formula is C24H18F3N3O3S. The van der Waals surface area contributed by atoms with Crippen LogP contribution in [0.1, 0.15) is 5.56 Å². The van der Waals surface area contributed by atoms with Crippen molar-refractivity contribution in [1.29, 1.82) is 0 Å². The van der Waals surface area contributed by atoms with E-state index in [0.717, 1.165) is 11.8 Å². The van der Waals surface area contributed by atoms with Gasteiger partial charge < -0.3 is 10.1 Å². The molecule has 0 radical (unpaired) electrons. The van der Waals surface area contributed by atoms with Crippen molar-refractivity contribution < 1.29 is 22.7 Å². The Morgan fingerprint density at radius 2 is 1.85 bits per heavy atom. The number of thioether (sulfide) groups is 1. The topological polar surface area (TPSA) is 73.2 Å². The summed E-state index contributed by atoms with van der Waals surface area (Å²) in [5.74, 6) is -1.38. The summed E-state index contributed by atoms with van der Waals surface area (Å²) in [6.07, 6.45) is 0. The highest BCUT2D eigenvalue weighted by Gasteiger charge is 2.17. The Kier molecular flexibility index (Phi) is 6.87. The van der Waals surface area contributed by atoms with Crippen LogP contribution < -0.4 is 15.6 Å². The van der Waals surface area contributed by atoms with E-state index in [1.54, 1.807) is 49.4 Å². The number of halogens is 3. The monoisotopic (exact) mass is 485 g/mol. The number of nitrogens with one attached hydrogen (secondary N) is 1. The van der Waals surface area contributed by atoms with Gasteiger partial charge in [-0.25, -0.2) is 9.37 Å². The van der Waals surface area contributed by atoms with E-state index in [1.807, 2.05) is 0 Å². The van der Waals surface area contributed by atoms with Gasteiger partial charge in [0.15, 0.2) is 5.16 Å². The maximum atomic E-state index is 14.3. The number of ether oxygens (including phenoxy) is 1. The molecule has 34 heavy (non-hydrogen) atoms. The molecule has 0 bridgehead atoms. The maximum absolute atomic E-state index is 14.3. The molecule has 1 amide bonds. The molecule has 6 nitrogen and oxygen atoms in total. The molecule has 4 aromatic rings. The minimum Gasteiger partial charge on any atom is -0.433 e. The van der Waals surface area contributed by atoms with Gasteiger partial charge >= 0.3 is 6.61 Å². The lowest BCUT2D eigenvalue weighted by Gasteiger charge is -2.14. The van der Waals surface area contributed by atoms with E-state index in [-0.39, 0.29) is 28.0 Å². The fourth-order valence-corrected chi connectivity index (χ4v) is 4.06. The zero-order chi connectivity index (χ0) is 24.2. The first-order valence-electron chi connectivity index (χ1n) is 10.1. The van der Waals surface area contributed by atoms with E-state index in [2.05, 4.69) is 15.0 Å². The van der Waals surface area contributed by atoms with E-state index in [4.69, 9.17) is 0 Å². The Balaban J connectivity index is 1.65. The van der Waals surface area contributed by atoms with Crippen LogP contribution in [-0.2, 0) is 4.79 Å². The van der Waals surface area contributed by atoms with Crippen LogP contribution in [0.3, 0.4) is 0 Å². The van der Waals surface area contributed by atoms with Gasteiger partial charge in [0.1, 0.15) is 11.6 Å². The number of carbonyl (C=O) groups is 1. The Bertz CT molecular complexity index is 1430. The van der Waals surface area contributed by atoms with Crippen molar-refractivity contribution in [3.63, 3.8) is 0 Å². The van der Waals surface area contributed by atoms with Gasteiger partial charge in [-0.1, -0.05) is 42.1 Å². The molecule has 0 aliphatic heterocycles. The molecule has 4 rings (SSSR count). The van der Waals surface area contributed by atoms with Crippen LogP contribution >= 0.6 is 11.8 Å². The number of para-hydroxylation sites is 3. The lowest BCUT2D eigenvalue weighted by atomic mass is 10.2. The van der Waals surface area contributed by atoms with Gasteiger partial charge in [-0.05, 0) is 48.9 Å². The van der Waals surface area contributed by atoms with Crippen LogP contribution in [0.5, 0.6) is 5.75 Å². The highest BCUT2D eigenvalue weighted by atomic mass is 32.2. The van der Waals surface area contributed by atoms with Crippen LogP contribution in [0.15, 0.2) is 76.7 Å². The zero-order valence-electron chi connectivity index (χ0n) is 17.8. The Hall–Kier alpha value is -3.79. The van der Waals surface area contributed by atoms with Gasteiger partial charge in [0.25, 0.3) is 5.56 Å². The molecule has 174 valence electrons. The number of alkyl halides is 2. The fourth-order valence-electron chi connectivity index (χ4n) is 3.24. The van der Waals surface area contributed by atoms with Crippen molar-refractivity contribution in [2.24, 2.45) is 0 Å². The highest BCUT2D eigenvalue weighted by molar-refractivity contribution is 7.99. The number of hydrogen-bond donors (Lipinski definition) is 1. The molecule has 0 unspecified atom stereocenters. The van der Waals surface area contributed by atoms with Crippen LogP contribution in [0, 0.1) is 12.7 Å². The quantitative estimate of drug-likeness (QED) is 0.289. The zero-order valence-corrected chi connectivity index (χ0v) is 18.6. The third-order valence-corrected chi connectivity index (χ3v) is 5.81. The number of aryl methyl sites for hydroxylation is 1. The first kappa shape index (κ1) is 23.4. The number of carbonyl (C=O) groups excluding carboxylic acids is 1. The third-order valence-electron chi connectivity index (χ3n) is 4.87.